The van der Waals surface area contributed by atoms with E-state index in [1.165, 1.54) is 0 Å². The number of methoxy groups -OCH3 is 2. The Morgan fingerprint density at radius 3 is 1.26 bits per heavy atom. The molecule has 4 aromatic carbocycles. The number of halogens is 2. The zero-order valence-corrected chi connectivity index (χ0v) is 34.2. The van der Waals surface area contributed by atoms with Crippen LogP contribution in [0, 0.1) is 11.8 Å². The Balaban J connectivity index is 0.000000177. The molecule has 6 aromatic rings. The van der Waals surface area contributed by atoms with Crippen LogP contribution in [0.4, 0.5) is 0 Å². The Hall–Kier alpha value is -5.00. The fourth-order valence-corrected chi connectivity index (χ4v) is 8.66. The van der Waals surface area contributed by atoms with Crippen molar-refractivity contribution in [1.29, 1.82) is 0 Å². The molecule has 2 aromatic heterocycles. The largest absolute Gasteiger partial charge is 0.497 e. The molecule has 0 amide bonds. The molecule has 0 aliphatic heterocycles. The molecule has 304 valence electrons. The molecule has 8 rings (SSSR count). The number of aromatic amines is 2. The minimum atomic E-state index is -0.149. The molecule has 12 heteroatoms. The second kappa shape index (κ2) is 18.7. The molecule has 2 unspecified atom stereocenters. The SMILES string of the molecule is COc1ccc(C(N)C2CCC(Oc3cc4cc[nH]c(=O)c4cc3Cl)CC2)cc1.COc1ccc(C(N)C2CCC(Oc3cc4cc[nH]c(=O)c4cc3Cl)CC2)cc1. The van der Waals surface area contributed by atoms with Gasteiger partial charge in [-0.05, 0) is 146 Å². The van der Waals surface area contributed by atoms with Gasteiger partial charge in [-0.2, -0.15) is 0 Å². The van der Waals surface area contributed by atoms with Gasteiger partial charge >= 0.3 is 0 Å². The van der Waals surface area contributed by atoms with Crippen LogP contribution in [0.5, 0.6) is 23.0 Å². The Labute approximate surface area is 347 Å². The van der Waals surface area contributed by atoms with E-state index >= 15 is 0 Å². The van der Waals surface area contributed by atoms with Crippen molar-refractivity contribution in [3.63, 3.8) is 0 Å². The molecule has 0 bridgehead atoms. The molecule has 2 aliphatic rings. The smallest absolute Gasteiger partial charge is 0.255 e. The first-order valence-electron chi connectivity index (χ1n) is 19.8. The van der Waals surface area contributed by atoms with Crippen LogP contribution in [0.25, 0.3) is 21.5 Å². The van der Waals surface area contributed by atoms with Crippen LogP contribution in [0.2, 0.25) is 10.0 Å². The highest BCUT2D eigenvalue weighted by Gasteiger charge is 2.29. The number of H-pyrrole nitrogens is 2. The summed E-state index contributed by atoms with van der Waals surface area (Å²) in [5.74, 6) is 3.79. The number of benzene rings is 4. The summed E-state index contributed by atoms with van der Waals surface area (Å²) in [6.07, 6.45) is 11.2. The molecule has 0 spiro atoms. The zero-order valence-electron chi connectivity index (χ0n) is 32.7. The number of hydrogen-bond acceptors (Lipinski definition) is 8. The fraction of sp³-hybridized carbons (Fsp3) is 0.348. The predicted octanol–water partition coefficient (Wildman–Crippen LogP) is 9.66. The van der Waals surface area contributed by atoms with Crippen molar-refractivity contribution >= 4 is 44.7 Å². The average molecular weight is 826 g/mol. The van der Waals surface area contributed by atoms with Gasteiger partial charge in [-0.1, -0.05) is 47.5 Å². The first-order valence-corrected chi connectivity index (χ1v) is 20.6. The lowest BCUT2D eigenvalue weighted by molar-refractivity contribution is 0.123. The van der Waals surface area contributed by atoms with Gasteiger partial charge in [-0.15, -0.1) is 0 Å². The molecule has 0 saturated heterocycles. The second-order valence-electron chi connectivity index (χ2n) is 15.3. The maximum Gasteiger partial charge on any atom is 0.255 e. The van der Waals surface area contributed by atoms with Gasteiger partial charge in [0.1, 0.15) is 23.0 Å². The third-order valence-corrected chi connectivity index (χ3v) is 12.3. The summed E-state index contributed by atoms with van der Waals surface area (Å²) in [6, 6.07) is 26.8. The Bertz CT molecular complexity index is 2250. The highest BCUT2D eigenvalue weighted by atomic mass is 35.5. The van der Waals surface area contributed by atoms with Crippen LogP contribution >= 0.6 is 23.2 Å². The van der Waals surface area contributed by atoms with E-state index in [4.69, 9.17) is 53.6 Å². The van der Waals surface area contributed by atoms with Crippen LogP contribution in [0.1, 0.15) is 74.6 Å². The van der Waals surface area contributed by atoms with E-state index in [0.29, 0.717) is 44.2 Å². The van der Waals surface area contributed by atoms with E-state index in [-0.39, 0.29) is 35.4 Å². The lowest BCUT2D eigenvalue weighted by atomic mass is 9.80. The Morgan fingerprint density at radius 2 is 0.914 bits per heavy atom. The summed E-state index contributed by atoms with van der Waals surface area (Å²) in [6.45, 7) is 0. The highest BCUT2D eigenvalue weighted by molar-refractivity contribution is 6.33. The molecule has 2 atom stereocenters. The van der Waals surface area contributed by atoms with Crippen molar-refractivity contribution in [2.24, 2.45) is 23.3 Å². The minimum Gasteiger partial charge on any atom is -0.497 e. The first-order chi connectivity index (χ1) is 28.1. The van der Waals surface area contributed by atoms with Crippen LogP contribution in [0.15, 0.2) is 107 Å². The van der Waals surface area contributed by atoms with Crippen molar-refractivity contribution in [3.05, 3.63) is 139 Å². The van der Waals surface area contributed by atoms with Crippen molar-refractivity contribution in [1.82, 2.24) is 9.97 Å². The second-order valence-corrected chi connectivity index (χ2v) is 16.1. The molecule has 2 heterocycles. The highest BCUT2D eigenvalue weighted by Crippen LogP contribution is 2.39. The molecular formula is C46H50Cl2N4O6. The number of pyridine rings is 2. The number of rotatable bonds is 10. The van der Waals surface area contributed by atoms with Gasteiger partial charge < -0.3 is 40.4 Å². The molecule has 2 fully saturated rings. The van der Waals surface area contributed by atoms with Gasteiger partial charge in [0.25, 0.3) is 11.1 Å². The van der Waals surface area contributed by atoms with Crippen molar-refractivity contribution in [2.75, 3.05) is 14.2 Å². The van der Waals surface area contributed by atoms with Crippen LogP contribution < -0.4 is 41.5 Å². The van der Waals surface area contributed by atoms with Crippen LogP contribution in [-0.2, 0) is 0 Å². The van der Waals surface area contributed by atoms with Crippen LogP contribution in [0.3, 0.4) is 0 Å². The summed E-state index contributed by atoms with van der Waals surface area (Å²) in [4.78, 5) is 29.1. The quantitative estimate of drug-likeness (QED) is 0.107. The third-order valence-electron chi connectivity index (χ3n) is 11.7. The first kappa shape index (κ1) is 41.2. The standard InChI is InChI=1S/2C23H25ClN2O3/c2*1-28-17-6-2-14(3-7-17)22(25)15-4-8-18(9-5-15)29-21-12-16-10-11-26-23(27)19(16)13-20(21)24/h2*2-3,6-7,10-13,15,18,22H,4-5,8-9,25H2,1H3,(H,26,27). The maximum absolute atomic E-state index is 11.9. The summed E-state index contributed by atoms with van der Waals surface area (Å²) in [7, 11) is 3.33. The van der Waals surface area contributed by atoms with Crippen LogP contribution in [-0.4, -0.2) is 36.4 Å². The van der Waals surface area contributed by atoms with Gasteiger partial charge in [0.2, 0.25) is 0 Å². The fourth-order valence-electron chi connectivity index (χ4n) is 8.24. The molecule has 0 radical (unpaired) electrons. The number of hydrogen-bond donors (Lipinski definition) is 4. The van der Waals surface area contributed by atoms with Crippen molar-refractivity contribution in [3.8, 4) is 23.0 Å². The monoisotopic (exact) mass is 824 g/mol. The zero-order chi connectivity index (χ0) is 40.8. The van der Waals surface area contributed by atoms with Gasteiger partial charge in [0.15, 0.2) is 0 Å². The normalized spacial score (nSPS) is 20.4. The Morgan fingerprint density at radius 1 is 0.552 bits per heavy atom. The van der Waals surface area contributed by atoms with E-state index in [0.717, 1.165) is 84.8 Å². The molecule has 6 N–H and O–H groups in total. The number of nitrogens with one attached hydrogen (secondary N) is 2. The number of nitrogens with two attached hydrogens (primary N) is 2. The van der Waals surface area contributed by atoms with E-state index in [1.807, 2.05) is 72.8 Å². The van der Waals surface area contributed by atoms with Gasteiger partial charge in [0, 0.05) is 35.2 Å². The molecule has 58 heavy (non-hydrogen) atoms. The summed E-state index contributed by atoms with van der Waals surface area (Å²) in [5, 5.41) is 3.71. The van der Waals surface area contributed by atoms with Gasteiger partial charge in [-0.3, -0.25) is 9.59 Å². The molecule has 10 nitrogen and oxygen atoms in total. The number of aromatic nitrogens is 2. The molecule has 2 saturated carbocycles. The summed E-state index contributed by atoms with van der Waals surface area (Å²) >= 11 is 12.7. The topological polar surface area (TPSA) is 155 Å². The minimum absolute atomic E-state index is 0.0119. The number of ether oxygens (including phenoxy) is 4. The van der Waals surface area contributed by atoms with E-state index in [9.17, 15) is 9.59 Å². The van der Waals surface area contributed by atoms with Gasteiger partial charge in [-0.25, -0.2) is 0 Å². The van der Waals surface area contributed by atoms with Crippen molar-refractivity contribution in [2.45, 2.75) is 75.7 Å². The summed E-state index contributed by atoms with van der Waals surface area (Å²) < 4.78 is 22.8. The lowest BCUT2D eigenvalue weighted by Gasteiger charge is -2.32. The molecule has 2 aliphatic carbocycles. The number of fused-ring (bicyclic) bond motifs is 2. The van der Waals surface area contributed by atoms with Crippen molar-refractivity contribution < 1.29 is 18.9 Å². The van der Waals surface area contributed by atoms with E-state index in [2.05, 4.69) is 9.97 Å². The Kier molecular flexibility index (Phi) is 13.3. The van der Waals surface area contributed by atoms with E-state index in [1.54, 1.807) is 38.7 Å². The summed E-state index contributed by atoms with van der Waals surface area (Å²) in [5.41, 5.74) is 15.0. The predicted molar refractivity (Wildman–Crippen MR) is 232 cm³/mol. The lowest BCUT2D eigenvalue weighted by Crippen LogP contribution is -2.30. The molecular weight excluding hydrogens is 775 g/mol. The van der Waals surface area contributed by atoms with E-state index < -0.39 is 0 Å². The van der Waals surface area contributed by atoms with Gasteiger partial charge in [0.05, 0.1) is 36.5 Å². The third kappa shape index (κ3) is 9.64. The maximum atomic E-state index is 11.9. The average Bonchev–Trinajstić information content (AvgIpc) is 3.25.